The normalized spacial score (nSPS) is 12.1. The lowest BCUT2D eigenvalue weighted by molar-refractivity contribution is 0.838. The number of nitrogens with zero attached hydrogens (tertiary/aromatic N) is 1. The van der Waals surface area contributed by atoms with E-state index < -0.39 is 8.07 Å². The Morgan fingerprint density at radius 3 is 2.21 bits per heavy atom. The van der Waals surface area contributed by atoms with E-state index in [0.717, 1.165) is 21.8 Å². The molecule has 0 aliphatic heterocycles. The standard InChI is InChI=1S/C21H28BrNSi/c1-15(2)24(16(3)4,17(5)6)14-8-9-18-11-12-20(22)19-10-7-13-23-21(18)19/h7,10-13,15-17H,9H2,1-6H3. The molecule has 1 aromatic carbocycles. The Morgan fingerprint density at radius 1 is 1.00 bits per heavy atom. The summed E-state index contributed by atoms with van der Waals surface area (Å²) in [6.45, 7) is 14.2. The zero-order valence-corrected chi connectivity index (χ0v) is 18.2. The van der Waals surface area contributed by atoms with Gasteiger partial charge in [-0.15, -0.1) is 11.5 Å². The van der Waals surface area contributed by atoms with Crippen LogP contribution in [0.3, 0.4) is 0 Å². The van der Waals surface area contributed by atoms with Gasteiger partial charge in [0.25, 0.3) is 0 Å². The van der Waals surface area contributed by atoms with Crippen molar-refractivity contribution in [2.45, 2.75) is 64.6 Å². The Morgan fingerprint density at radius 2 is 1.62 bits per heavy atom. The molecule has 1 heterocycles. The number of fused-ring (bicyclic) bond motifs is 1. The van der Waals surface area contributed by atoms with Crippen LogP contribution in [0.1, 0.15) is 47.1 Å². The lowest BCUT2D eigenvalue weighted by Crippen LogP contribution is -2.43. The van der Waals surface area contributed by atoms with Gasteiger partial charge in [0.1, 0.15) is 8.07 Å². The Bertz CT molecular complexity index is 746. The highest BCUT2D eigenvalue weighted by Gasteiger charge is 2.41. The van der Waals surface area contributed by atoms with Crippen molar-refractivity contribution in [2.24, 2.45) is 0 Å². The molecule has 24 heavy (non-hydrogen) atoms. The molecule has 0 N–H and O–H groups in total. The maximum atomic E-state index is 4.58. The minimum Gasteiger partial charge on any atom is -0.256 e. The lowest BCUT2D eigenvalue weighted by Gasteiger charge is -2.38. The van der Waals surface area contributed by atoms with Gasteiger partial charge in [0, 0.05) is 22.5 Å². The fourth-order valence-electron chi connectivity index (χ4n) is 4.06. The first kappa shape index (κ1) is 19.2. The second kappa shape index (κ2) is 7.85. The average molecular weight is 402 g/mol. The van der Waals surface area contributed by atoms with Gasteiger partial charge in [0.2, 0.25) is 0 Å². The molecule has 3 heteroatoms. The fourth-order valence-corrected chi connectivity index (χ4v) is 9.78. The monoisotopic (exact) mass is 401 g/mol. The molecule has 0 spiro atoms. The summed E-state index contributed by atoms with van der Waals surface area (Å²) in [5, 5.41) is 1.16. The van der Waals surface area contributed by atoms with Gasteiger partial charge in [-0.25, -0.2) is 0 Å². The van der Waals surface area contributed by atoms with Crippen molar-refractivity contribution in [3.63, 3.8) is 0 Å². The molecule has 0 fully saturated rings. The Kier molecular flexibility index (Phi) is 6.28. The van der Waals surface area contributed by atoms with Gasteiger partial charge in [0.05, 0.1) is 5.52 Å². The largest absolute Gasteiger partial charge is 0.256 e. The van der Waals surface area contributed by atoms with Crippen LogP contribution >= 0.6 is 15.9 Å². The van der Waals surface area contributed by atoms with Gasteiger partial charge in [-0.1, -0.05) is 69.6 Å². The summed E-state index contributed by atoms with van der Waals surface area (Å²) in [7, 11) is -1.65. The Labute approximate surface area is 156 Å². The molecule has 2 aromatic rings. The lowest BCUT2D eigenvalue weighted by atomic mass is 10.1. The number of hydrogen-bond acceptors (Lipinski definition) is 1. The minimum atomic E-state index is -1.65. The van der Waals surface area contributed by atoms with Gasteiger partial charge in [-0.3, -0.25) is 4.98 Å². The number of benzene rings is 1. The van der Waals surface area contributed by atoms with Crippen LogP contribution in [0.2, 0.25) is 16.6 Å². The van der Waals surface area contributed by atoms with E-state index >= 15 is 0 Å². The predicted octanol–water partition coefficient (Wildman–Crippen LogP) is 6.76. The number of pyridine rings is 1. The highest BCUT2D eigenvalue weighted by molar-refractivity contribution is 9.10. The smallest absolute Gasteiger partial charge is 0.145 e. The molecule has 0 saturated heterocycles. The third-order valence-electron chi connectivity index (χ3n) is 5.25. The van der Waals surface area contributed by atoms with Crippen LogP contribution in [0.15, 0.2) is 34.9 Å². The van der Waals surface area contributed by atoms with Crippen LogP contribution in [-0.4, -0.2) is 13.1 Å². The number of rotatable bonds is 4. The summed E-state index contributed by atoms with van der Waals surface area (Å²) in [6.07, 6.45) is 2.64. The molecule has 0 aliphatic carbocycles. The van der Waals surface area contributed by atoms with Crippen molar-refractivity contribution in [3.05, 3.63) is 40.5 Å². The van der Waals surface area contributed by atoms with Crippen molar-refractivity contribution in [2.75, 3.05) is 0 Å². The van der Waals surface area contributed by atoms with E-state index in [2.05, 4.69) is 92.1 Å². The molecule has 1 aromatic heterocycles. The summed E-state index contributed by atoms with van der Waals surface area (Å²) in [5.74, 6) is 3.55. The van der Waals surface area contributed by atoms with E-state index in [4.69, 9.17) is 0 Å². The van der Waals surface area contributed by atoms with Crippen LogP contribution in [0.25, 0.3) is 10.9 Å². The average Bonchev–Trinajstić information content (AvgIpc) is 2.52. The third kappa shape index (κ3) is 3.60. The topological polar surface area (TPSA) is 12.9 Å². The zero-order valence-electron chi connectivity index (χ0n) is 15.7. The third-order valence-corrected chi connectivity index (χ3v) is 12.3. The van der Waals surface area contributed by atoms with Gasteiger partial charge in [-0.05, 0) is 34.3 Å². The van der Waals surface area contributed by atoms with Crippen LogP contribution < -0.4 is 0 Å². The van der Waals surface area contributed by atoms with E-state index in [1.54, 1.807) is 0 Å². The Balaban J connectivity index is 2.41. The van der Waals surface area contributed by atoms with E-state index in [1.807, 2.05) is 12.3 Å². The molecule has 0 bridgehead atoms. The molecule has 128 valence electrons. The van der Waals surface area contributed by atoms with Crippen LogP contribution in [0.4, 0.5) is 0 Å². The number of hydrogen-bond donors (Lipinski definition) is 0. The molecule has 0 amide bonds. The van der Waals surface area contributed by atoms with E-state index in [0.29, 0.717) is 16.6 Å². The van der Waals surface area contributed by atoms with Crippen molar-refractivity contribution in [3.8, 4) is 11.5 Å². The molecular formula is C21H28BrNSi. The van der Waals surface area contributed by atoms with Gasteiger partial charge in [-0.2, -0.15) is 0 Å². The summed E-state index contributed by atoms with van der Waals surface area (Å²) in [4.78, 5) is 4.58. The van der Waals surface area contributed by atoms with Crippen LogP contribution in [-0.2, 0) is 6.42 Å². The maximum Gasteiger partial charge on any atom is 0.145 e. The van der Waals surface area contributed by atoms with E-state index in [9.17, 15) is 0 Å². The van der Waals surface area contributed by atoms with Crippen molar-refractivity contribution >= 4 is 34.9 Å². The van der Waals surface area contributed by atoms with Gasteiger partial charge >= 0.3 is 0 Å². The number of aromatic nitrogens is 1. The predicted molar refractivity (Wildman–Crippen MR) is 112 cm³/mol. The van der Waals surface area contributed by atoms with Gasteiger partial charge < -0.3 is 0 Å². The molecular weight excluding hydrogens is 374 g/mol. The summed E-state index contributed by atoms with van der Waals surface area (Å²) in [6, 6.07) is 8.35. The highest BCUT2D eigenvalue weighted by Crippen LogP contribution is 2.40. The summed E-state index contributed by atoms with van der Waals surface area (Å²) < 4.78 is 1.09. The molecule has 0 unspecified atom stereocenters. The highest BCUT2D eigenvalue weighted by atomic mass is 79.9. The number of halogens is 1. The molecule has 0 radical (unpaired) electrons. The minimum absolute atomic E-state index is 0.671. The van der Waals surface area contributed by atoms with E-state index in [-0.39, 0.29) is 0 Å². The van der Waals surface area contributed by atoms with Gasteiger partial charge in [0.15, 0.2) is 0 Å². The quantitative estimate of drug-likeness (QED) is 0.407. The van der Waals surface area contributed by atoms with E-state index in [1.165, 1.54) is 5.56 Å². The van der Waals surface area contributed by atoms with Crippen molar-refractivity contribution < 1.29 is 0 Å². The van der Waals surface area contributed by atoms with Crippen molar-refractivity contribution in [1.82, 2.24) is 4.98 Å². The first-order valence-electron chi connectivity index (χ1n) is 8.82. The second-order valence-electron chi connectivity index (χ2n) is 7.48. The van der Waals surface area contributed by atoms with Crippen molar-refractivity contribution in [1.29, 1.82) is 0 Å². The second-order valence-corrected chi connectivity index (χ2v) is 13.9. The molecule has 0 saturated carbocycles. The Hall–Kier alpha value is -1.11. The van der Waals surface area contributed by atoms with Crippen LogP contribution in [0.5, 0.6) is 0 Å². The first-order valence-corrected chi connectivity index (χ1v) is 11.8. The summed E-state index contributed by atoms with van der Waals surface area (Å²) in [5.41, 5.74) is 8.11. The first-order chi connectivity index (χ1) is 11.3. The molecule has 0 aliphatic rings. The SMILES string of the molecule is CC(C)[Si](C#CCc1ccc(Br)c2cccnc12)(C(C)C)C(C)C. The molecule has 2 rings (SSSR count). The maximum absolute atomic E-state index is 4.58. The zero-order chi connectivity index (χ0) is 17.9. The van der Waals surface area contributed by atoms with Crippen LogP contribution in [0, 0.1) is 11.5 Å². The fraction of sp³-hybridized carbons (Fsp3) is 0.476. The molecule has 1 nitrogen and oxygen atoms in total. The molecule has 0 atom stereocenters. The summed E-state index contributed by atoms with van der Waals surface area (Å²) >= 11 is 3.62.